The maximum atomic E-state index is 5.70. The van der Waals surface area contributed by atoms with Crippen LogP contribution in [-0.2, 0) is 0 Å². The predicted octanol–water partition coefficient (Wildman–Crippen LogP) is 0.668. The van der Waals surface area contributed by atoms with Crippen LogP contribution in [0, 0.1) is 6.92 Å². The summed E-state index contributed by atoms with van der Waals surface area (Å²) in [5, 5.41) is 4.31. The topological polar surface area (TPSA) is 69.1 Å². The molecule has 0 bridgehead atoms. The molecule has 0 atom stereocenters. The van der Waals surface area contributed by atoms with Crippen molar-refractivity contribution in [2.45, 2.75) is 6.92 Å². The van der Waals surface area contributed by atoms with Crippen molar-refractivity contribution in [3.8, 4) is 0 Å². The van der Waals surface area contributed by atoms with Gasteiger partial charge in [0.15, 0.2) is 5.65 Å². The summed E-state index contributed by atoms with van der Waals surface area (Å²) in [5.74, 6) is 0.892. The van der Waals surface area contributed by atoms with E-state index < -0.39 is 0 Å². The standard InChI is InChI=1S/C6H6ClN5/c1-3-9-4(7)2-5-10-6(8)11-12(3)5/h2H,1H3,(H2,8,11). The van der Waals surface area contributed by atoms with Crippen molar-refractivity contribution in [3.05, 3.63) is 17.0 Å². The van der Waals surface area contributed by atoms with E-state index in [9.17, 15) is 0 Å². The molecule has 2 aromatic heterocycles. The van der Waals surface area contributed by atoms with Gasteiger partial charge in [0, 0.05) is 6.07 Å². The Labute approximate surface area is 73.2 Å². The summed E-state index contributed by atoms with van der Waals surface area (Å²) in [6.45, 7) is 1.78. The Kier molecular flexibility index (Phi) is 1.41. The van der Waals surface area contributed by atoms with Crippen molar-refractivity contribution >= 4 is 23.2 Å². The molecule has 0 aromatic carbocycles. The molecule has 0 saturated carbocycles. The van der Waals surface area contributed by atoms with Crippen molar-refractivity contribution < 1.29 is 0 Å². The molecule has 2 heterocycles. The highest BCUT2D eigenvalue weighted by atomic mass is 35.5. The average molecular weight is 184 g/mol. The number of nitrogens with two attached hydrogens (primary N) is 1. The van der Waals surface area contributed by atoms with Gasteiger partial charge in [-0.1, -0.05) is 11.6 Å². The smallest absolute Gasteiger partial charge is 0.240 e. The molecule has 62 valence electrons. The first kappa shape index (κ1) is 7.30. The van der Waals surface area contributed by atoms with Gasteiger partial charge in [-0.05, 0) is 6.92 Å². The molecule has 6 heteroatoms. The van der Waals surface area contributed by atoms with Gasteiger partial charge >= 0.3 is 0 Å². The van der Waals surface area contributed by atoms with E-state index in [1.165, 1.54) is 0 Å². The van der Waals surface area contributed by atoms with Crippen molar-refractivity contribution in [1.82, 2.24) is 19.6 Å². The molecule has 0 unspecified atom stereocenters. The van der Waals surface area contributed by atoms with Crippen LogP contribution in [0.4, 0.5) is 5.95 Å². The molecule has 2 N–H and O–H groups in total. The second-order valence-corrected chi connectivity index (χ2v) is 2.75. The highest BCUT2D eigenvalue weighted by molar-refractivity contribution is 6.29. The normalized spacial score (nSPS) is 10.8. The van der Waals surface area contributed by atoms with Crippen molar-refractivity contribution in [2.75, 3.05) is 5.73 Å². The predicted molar refractivity (Wildman–Crippen MR) is 44.9 cm³/mol. The maximum absolute atomic E-state index is 5.70. The van der Waals surface area contributed by atoms with E-state index in [1.807, 2.05) is 0 Å². The van der Waals surface area contributed by atoms with Crippen LogP contribution >= 0.6 is 11.6 Å². The number of anilines is 1. The van der Waals surface area contributed by atoms with Gasteiger partial charge in [-0.25, -0.2) is 4.98 Å². The number of aryl methyl sites for hydroxylation is 1. The summed E-state index contributed by atoms with van der Waals surface area (Å²) in [6.07, 6.45) is 0. The quantitative estimate of drug-likeness (QED) is 0.610. The maximum Gasteiger partial charge on any atom is 0.240 e. The summed E-state index contributed by atoms with van der Waals surface area (Å²) in [6, 6.07) is 1.61. The van der Waals surface area contributed by atoms with Gasteiger partial charge in [0.1, 0.15) is 11.0 Å². The number of nitrogen functional groups attached to an aromatic ring is 1. The van der Waals surface area contributed by atoms with Gasteiger partial charge in [0.05, 0.1) is 0 Å². The molecule has 2 aromatic rings. The van der Waals surface area contributed by atoms with Gasteiger partial charge in [0.25, 0.3) is 0 Å². The summed E-state index contributed by atoms with van der Waals surface area (Å²) >= 11 is 5.70. The number of fused-ring (bicyclic) bond motifs is 1. The second-order valence-electron chi connectivity index (χ2n) is 2.37. The monoisotopic (exact) mass is 183 g/mol. The number of rotatable bonds is 0. The van der Waals surface area contributed by atoms with E-state index in [0.717, 1.165) is 0 Å². The molecule has 0 aliphatic rings. The van der Waals surface area contributed by atoms with Crippen molar-refractivity contribution in [3.63, 3.8) is 0 Å². The first-order chi connectivity index (χ1) is 5.66. The van der Waals surface area contributed by atoms with Crippen LogP contribution < -0.4 is 5.73 Å². The highest BCUT2D eigenvalue weighted by Gasteiger charge is 2.04. The van der Waals surface area contributed by atoms with Crippen LogP contribution in [0.15, 0.2) is 6.07 Å². The van der Waals surface area contributed by atoms with Crippen LogP contribution in [0.25, 0.3) is 5.65 Å². The lowest BCUT2D eigenvalue weighted by atomic mass is 10.6. The summed E-state index contributed by atoms with van der Waals surface area (Å²) in [5.41, 5.74) is 6.01. The zero-order chi connectivity index (χ0) is 8.72. The summed E-state index contributed by atoms with van der Waals surface area (Å²) in [4.78, 5) is 7.93. The lowest BCUT2D eigenvalue weighted by Crippen LogP contribution is -1.97. The largest absolute Gasteiger partial charge is 0.366 e. The third-order valence-corrected chi connectivity index (χ3v) is 1.67. The number of nitrogens with zero attached hydrogens (tertiary/aromatic N) is 4. The van der Waals surface area contributed by atoms with Gasteiger partial charge in [0.2, 0.25) is 5.95 Å². The molecule has 5 nitrogen and oxygen atoms in total. The SMILES string of the molecule is Cc1nc(Cl)cc2nc(N)nn12. The number of hydrogen-bond acceptors (Lipinski definition) is 4. The van der Waals surface area contributed by atoms with E-state index in [1.54, 1.807) is 17.5 Å². The zero-order valence-electron chi connectivity index (χ0n) is 6.32. The minimum Gasteiger partial charge on any atom is -0.366 e. The van der Waals surface area contributed by atoms with Crippen LogP contribution in [0.2, 0.25) is 5.15 Å². The van der Waals surface area contributed by atoms with E-state index in [0.29, 0.717) is 16.6 Å². The first-order valence-electron chi connectivity index (χ1n) is 3.32. The Hall–Kier alpha value is -1.36. The highest BCUT2D eigenvalue weighted by Crippen LogP contribution is 2.10. The molecule has 0 saturated heterocycles. The fraction of sp³-hybridized carbons (Fsp3) is 0.167. The van der Waals surface area contributed by atoms with Crippen LogP contribution in [0.3, 0.4) is 0 Å². The Morgan fingerprint density at radius 1 is 1.50 bits per heavy atom. The minimum absolute atomic E-state index is 0.224. The molecule has 2 rings (SSSR count). The number of hydrogen-bond donors (Lipinski definition) is 1. The molecule has 0 spiro atoms. The molecule has 0 aliphatic heterocycles. The molecule has 0 amide bonds. The lowest BCUT2D eigenvalue weighted by molar-refractivity contribution is 0.868. The zero-order valence-corrected chi connectivity index (χ0v) is 7.08. The third kappa shape index (κ3) is 0.984. The van der Waals surface area contributed by atoms with E-state index in [2.05, 4.69) is 15.1 Å². The molecular weight excluding hydrogens is 178 g/mol. The number of halogens is 1. The van der Waals surface area contributed by atoms with E-state index in [-0.39, 0.29) is 5.95 Å². The minimum atomic E-state index is 0.224. The Bertz CT molecular complexity index is 435. The fourth-order valence-corrected chi connectivity index (χ4v) is 1.23. The molecule has 0 radical (unpaired) electrons. The number of aromatic nitrogens is 4. The van der Waals surface area contributed by atoms with Gasteiger partial charge in [-0.15, -0.1) is 5.10 Å². The van der Waals surface area contributed by atoms with E-state index in [4.69, 9.17) is 17.3 Å². The van der Waals surface area contributed by atoms with Gasteiger partial charge < -0.3 is 5.73 Å². The fourth-order valence-electron chi connectivity index (χ4n) is 1.01. The Morgan fingerprint density at radius 3 is 3.00 bits per heavy atom. The second kappa shape index (κ2) is 2.31. The summed E-state index contributed by atoms with van der Waals surface area (Å²) in [7, 11) is 0. The van der Waals surface area contributed by atoms with Crippen LogP contribution in [-0.4, -0.2) is 19.6 Å². The lowest BCUT2D eigenvalue weighted by Gasteiger charge is -1.95. The van der Waals surface area contributed by atoms with Crippen LogP contribution in [0.5, 0.6) is 0 Å². The molecule has 12 heavy (non-hydrogen) atoms. The van der Waals surface area contributed by atoms with Crippen molar-refractivity contribution in [1.29, 1.82) is 0 Å². The molecule has 0 fully saturated rings. The Morgan fingerprint density at radius 2 is 2.25 bits per heavy atom. The van der Waals surface area contributed by atoms with Crippen molar-refractivity contribution in [2.24, 2.45) is 0 Å². The summed E-state index contributed by atoms with van der Waals surface area (Å²) < 4.78 is 1.54. The van der Waals surface area contributed by atoms with Gasteiger partial charge in [-0.3, -0.25) is 0 Å². The molecule has 0 aliphatic carbocycles. The average Bonchev–Trinajstić information content (AvgIpc) is 2.29. The molecular formula is C6H6ClN5. The van der Waals surface area contributed by atoms with E-state index >= 15 is 0 Å². The van der Waals surface area contributed by atoms with Gasteiger partial charge in [-0.2, -0.15) is 9.50 Å². The van der Waals surface area contributed by atoms with Crippen LogP contribution in [0.1, 0.15) is 5.82 Å². The Balaban J connectivity index is 2.88. The first-order valence-corrected chi connectivity index (χ1v) is 3.70. The third-order valence-electron chi connectivity index (χ3n) is 1.47.